The molecule has 9 heteroatoms. The molecule has 0 spiro atoms. The molecule has 7 nitrogen and oxygen atoms in total. The fourth-order valence-corrected chi connectivity index (χ4v) is 4.75. The second-order valence-electron chi connectivity index (χ2n) is 6.21. The molecule has 1 atom stereocenters. The Kier molecular flexibility index (Phi) is 6.00. The van der Waals surface area contributed by atoms with E-state index in [2.05, 4.69) is 14.9 Å². The van der Waals surface area contributed by atoms with Crippen molar-refractivity contribution in [1.82, 2.24) is 9.62 Å². The van der Waals surface area contributed by atoms with Crippen molar-refractivity contribution in [3.05, 3.63) is 18.2 Å². The number of sulfonamides is 1. The van der Waals surface area contributed by atoms with Gasteiger partial charge in [-0.15, -0.1) is 11.8 Å². The van der Waals surface area contributed by atoms with Gasteiger partial charge in [-0.05, 0) is 18.2 Å². The van der Waals surface area contributed by atoms with Gasteiger partial charge in [0.15, 0.2) is 0 Å². The van der Waals surface area contributed by atoms with E-state index in [-0.39, 0.29) is 16.7 Å². The van der Waals surface area contributed by atoms with Gasteiger partial charge in [0, 0.05) is 42.7 Å². The van der Waals surface area contributed by atoms with Crippen LogP contribution in [0.4, 0.5) is 5.69 Å². The lowest BCUT2D eigenvalue weighted by Gasteiger charge is -2.26. The summed E-state index contributed by atoms with van der Waals surface area (Å²) in [5.74, 6) is 0.494. The summed E-state index contributed by atoms with van der Waals surface area (Å²) in [5.41, 5.74) is 0.565. The average Bonchev–Trinajstić information content (AvgIpc) is 2.74. The SMILES string of the molecule is C[C@H]1CSc2ccc(S(=O)(=O)NCCN3CCOCC3)cc2NC1=O. The van der Waals surface area contributed by atoms with Crippen molar-refractivity contribution in [2.75, 3.05) is 50.5 Å². The van der Waals surface area contributed by atoms with Gasteiger partial charge in [0.1, 0.15) is 0 Å². The van der Waals surface area contributed by atoms with Crippen LogP contribution in [0, 0.1) is 5.92 Å². The number of hydrogen-bond donors (Lipinski definition) is 2. The molecular weight excluding hydrogens is 362 g/mol. The maximum atomic E-state index is 12.5. The van der Waals surface area contributed by atoms with Crippen molar-refractivity contribution < 1.29 is 17.9 Å². The van der Waals surface area contributed by atoms with Gasteiger partial charge in [-0.25, -0.2) is 13.1 Å². The van der Waals surface area contributed by atoms with Gasteiger partial charge in [-0.2, -0.15) is 0 Å². The normalized spacial score (nSPS) is 22.1. The average molecular weight is 386 g/mol. The zero-order chi connectivity index (χ0) is 17.9. The van der Waals surface area contributed by atoms with Crippen LogP contribution in [-0.2, 0) is 19.6 Å². The number of amides is 1. The number of rotatable bonds is 5. The number of nitrogens with one attached hydrogen (secondary N) is 2. The number of carbonyl (C=O) groups excluding carboxylic acids is 1. The predicted octanol–water partition coefficient (Wildman–Crippen LogP) is 0.977. The Morgan fingerprint density at radius 1 is 1.36 bits per heavy atom. The van der Waals surface area contributed by atoms with Crippen LogP contribution in [0.2, 0.25) is 0 Å². The molecule has 2 N–H and O–H groups in total. The molecule has 0 unspecified atom stereocenters. The molecule has 0 aliphatic carbocycles. The first kappa shape index (κ1) is 18.7. The molecule has 1 amide bonds. The predicted molar refractivity (Wildman–Crippen MR) is 97.4 cm³/mol. The zero-order valence-electron chi connectivity index (χ0n) is 14.2. The molecule has 1 aromatic rings. The number of fused-ring (bicyclic) bond motifs is 1. The van der Waals surface area contributed by atoms with Crippen molar-refractivity contribution in [3.8, 4) is 0 Å². The minimum atomic E-state index is -3.61. The van der Waals surface area contributed by atoms with Crippen LogP contribution in [0.5, 0.6) is 0 Å². The molecule has 2 aliphatic rings. The summed E-state index contributed by atoms with van der Waals surface area (Å²) >= 11 is 1.56. The van der Waals surface area contributed by atoms with Gasteiger partial charge < -0.3 is 10.1 Å². The van der Waals surface area contributed by atoms with E-state index in [4.69, 9.17) is 4.74 Å². The lowest BCUT2D eigenvalue weighted by molar-refractivity contribution is -0.118. The van der Waals surface area contributed by atoms with E-state index in [1.54, 1.807) is 23.9 Å². The highest BCUT2D eigenvalue weighted by molar-refractivity contribution is 7.99. The third-order valence-electron chi connectivity index (χ3n) is 4.28. The highest BCUT2D eigenvalue weighted by atomic mass is 32.2. The smallest absolute Gasteiger partial charge is 0.240 e. The second-order valence-corrected chi connectivity index (χ2v) is 9.04. The molecule has 0 aromatic heterocycles. The van der Waals surface area contributed by atoms with Crippen molar-refractivity contribution in [3.63, 3.8) is 0 Å². The summed E-state index contributed by atoms with van der Waals surface area (Å²) in [6.07, 6.45) is 0. The summed E-state index contributed by atoms with van der Waals surface area (Å²) in [5, 5.41) is 2.82. The van der Waals surface area contributed by atoms with E-state index >= 15 is 0 Å². The van der Waals surface area contributed by atoms with Gasteiger partial charge >= 0.3 is 0 Å². The standard InChI is InChI=1S/C16H23N3O4S2/c1-12-11-24-15-3-2-13(10-14(15)18-16(12)20)25(21,22)17-4-5-19-6-8-23-9-7-19/h2-3,10,12,17H,4-9,11H2,1H3,(H,18,20)/t12-/m0/s1. The summed E-state index contributed by atoms with van der Waals surface area (Å²) in [7, 11) is -3.61. The topological polar surface area (TPSA) is 87.7 Å². The summed E-state index contributed by atoms with van der Waals surface area (Å²) < 4.78 is 32.9. The molecule has 0 bridgehead atoms. The Labute approximate surface area is 152 Å². The number of ether oxygens (including phenoxy) is 1. The number of carbonyl (C=O) groups is 1. The molecule has 2 heterocycles. The van der Waals surface area contributed by atoms with Crippen molar-refractivity contribution in [1.29, 1.82) is 0 Å². The Balaban J connectivity index is 1.66. The van der Waals surface area contributed by atoms with E-state index in [0.29, 0.717) is 37.7 Å². The van der Waals surface area contributed by atoms with E-state index in [1.807, 2.05) is 6.92 Å². The molecule has 1 aromatic carbocycles. The third-order valence-corrected chi connectivity index (χ3v) is 7.07. The molecular formula is C16H23N3O4S2. The molecule has 0 radical (unpaired) electrons. The van der Waals surface area contributed by atoms with Gasteiger partial charge in [0.25, 0.3) is 0 Å². The van der Waals surface area contributed by atoms with Crippen LogP contribution >= 0.6 is 11.8 Å². The van der Waals surface area contributed by atoms with E-state index in [9.17, 15) is 13.2 Å². The molecule has 1 fully saturated rings. The van der Waals surface area contributed by atoms with E-state index < -0.39 is 10.0 Å². The Hall–Kier alpha value is -1.13. The van der Waals surface area contributed by atoms with Gasteiger partial charge in [-0.1, -0.05) is 6.92 Å². The fraction of sp³-hybridized carbons (Fsp3) is 0.562. The Morgan fingerprint density at radius 2 is 2.12 bits per heavy atom. The number of morpholine rings is 1. The van der Waals surface area contributed by atoms with Crippen LogP contribution in [0.15, 0.2) is 28.0 Å². The Bertz CT molecular complexity index is 733. The largest absolute Gasteiger partial charge is 0.379 e. The highest BCUT2D eigenvalue weighted by Crippen LogP contribution is 2.34. The highest BCUT2D eigenvalue weighted by Gasteiger charge is 2.23. The quantitative estimate of drug-likeness (QED) is 0.786. The van der Waals surface area contributed by atoms with E-state index in [0.717, 1.165) is 18.0 Å². The fourth-order valence-electron chi connectivity index (χ4n) is 2.69. The lowest BCUT2D eigenvalue weighted by Crippen LogP contribution is -2.41. The third kappa shape index (κ3) is 4.73. The van der Waals surface area contributed by atoms with Crippen molar-refractivity contribution in [2.24, 2.45) is 5.92 Å². The van der Waals surface area contributed by atoms with Crippen LogP contribution in [0.1, 0.15) is 6.92 Å². The van der Waals surface area contributed by atoms with Crippen LogP contribution in [-0.4, -0.2) is 64.4 Å². The lowest BCUT2D eigenvalue weighted by atomic mass is 10.2. The zero-order valence-corrected chi connectivity index (χ0v) is 15.8. The number of thioether (sulfide) groups is 1. The van der Waals surface area contributed by atoms with Gasteiger partial charge in [0.2, 0.25) is 15.9 Å². The maximum Gasteiger partial charge on any atom is 0.240 e. The van der Waals surface area contributed by atoms with Gasteiger partial charge in [-0.3, -0.25) is 9.69 Å². The Morgan fingerprint density at radius 3 is 2.88 bits per heavy atom. The number of hydrogen-bond acceptors (Lipinski definition) is 6. The molecule has 138 valence electrons. The molecule has 25 heavy (non-hydrogen) atoms. The minimum Gasteiger partial charge on any atom is -0.379 e. The second kappa shape index (κ2) is 8.05. The molecule has 1 saturated heterocycles. The van der Waals surface area contributed by atoms with E-state index in [1.165, 1.54) is 6.07 Å². The summed E-state index contributed by atoms with van der Waals surface area (Å²) in [6.45, 7) is 5.87. The summed E-state index contributed by atoms with van der Waals surface area (Å²) in [6, 6.07) is 4.88. The van der Waals surface area contributed by atoms with Crippen molar-refractivity contribution in [2.45, 2.75) is 16.7 Å². The monoisotopic (exact) mass is 385 g/mol. The van der Waals surface area contributed by atoms with Crippen LogP contribution in [0.3, 0.4) is 0 Å². The molecule has 2 aliphatic heterocycles. The summed E-state index contributed by atoms with van der Waals surface area (Å²) in [4.78, 5) is 15.2. The van der Waals surface area contributed by atoms with Crippen molar-refractivity contribution >= 4 is 33.4 Å². The molecule has 0 saturated carbocycles. The number of benzene rings is 1. The van der Waals surface area contributed by atoms with Crippen LogP contribution in [0.25, 0.3) is 0 Å². The van der Waals surface area contributed by atoms with Crippen LogP contribution < -0.4 is 10.0 Å². The van der Waals surface area contributed by atoms with Gasteiger partial charge in [0.05, 0.1) is 23.8 Å². The first-order valence-corrected chi connectivity index (χ1v) is 10.8. The number of anilines is 1. The number of nitrogens with zero attached hydrogens (tertiary/aromatic N) is 1. The maximum absolute atomic E-state index is 12.5. The first-order valence-electron chi connectivity index (χ1n) is 8.33. The minimum absolute atomic E-state index is 0.0823. The first-order chi connectivity index (χ1) is 12.0. The molecule has 3 rings (SSSR count).